The number of quaternary nitrogens is 1. The molecule has 2 aromatic heterocycles. The van der Waals surface area contributed by atoms with Crippen molar-refractivity contribution in [1.82, 2.24) is 10.2 Å². The Morgan fingerprint density at radius 1 is 1.09 bits per heavy atom. The second-order valence-electron chi connectivity index (χ2n) is 8.68. The summed E-state index contributed by atoms with van der Waals surface area (Å²) >= 11 is 1.41. The van der Waals surface area contributed by atoms with Crippen molar-refractivity contribution in [1.29, 1.82) is 0 Å². The summed E-state index contributed by atoms with van der Waals surface area (Å²) in [7, 11) is 0. The van der Waals surface area contributed by atoms with Gasteiger partial charge < -0.3 is 26.8 Å². The molecular weight excluding hydrogens is 520 g/mol. The SMILES string of the molecule is O=C(O[C@H]1C[N+]2(C(=O)Nc3cccnn3)CCC1CC2)C(O)(c1ccccc1)c1ccsc1.[Br-]. The van der Waals surface area contributed by atoms with Crippen LogP contribution in [0.4, 0.5) is 10.6 Å². The summed E-state index contributed by atoms with van der Waals surface area (Å²) < 4.78 is 6.16. The minimum Gasteiger partial charge on any atom is -1.00 e. The first-order chi connectivity index (χ1) is 16.0. The lowest BCUT2D eigenvalue weighted by Gasteiger charge is -2.49. The maximum Gasteiger partial charge on any atom is 0.422 e. The summed E-state index contributed by atoms with van der Waals surface area (Å²) in [6.07, 6.45) is 2.63. The van der Waals surface area contributed by atoms with E-state index >= 15 is 0 Å². The number of halogens is 1. The molecule has 3 saturated heterocycles. The largest absolute Gasteiger partial charge is 1.00 e. The van der Waals surface area contributed by atoms with Crippen molar-refractivity contribution in [3.8, 4) is 0 Å². The first kappa shape index (κ1) is 24.5. The zero-order chi connectivity index (χ0) is 22.9. The molecule has 2 N–H and O–H groups in total. The molecule has 1 aromatic carbocycles. The van der Waals surface area contributed by atoms with E-state index in [0.29, 0.717) is 36.6 Å². The van der Waals surface area contributed by atoms with E-state index in [-0.39, 0.29) is 33.4 Å². The van der Waals surface area contributed by atoms with Gasteiger partial charge in [0.2, 0.25) is 5.60 Å². The third-order valence-corrected chi connectivity index (χ3v) is 7.52. The summed E-state index contributed by atoms with van der Waals surface area (Å²) in [4.78, 5) is 26.7. The van der Waals surface area contributed by atoms with Gasteiger partial charge in [-0.2, -0.15) is 16.4 Å². The number of carbonyl (C=O) groups is 2. The van der Waals surface area contributed by atoms with Crippen LogP contribution in [0, 0.1) is 5.92 Å². The van der Waals surface area contributed by atoms with Crippen LogP contribution in [0.5, 0.6) is 0 Å². The van der Waals surface area contributed by atoms with Crippen molar-refractivity contribution in [2.24, 2.45) is 5.92 Å². The van der Waals surface area contributed by atoms with Gasteiger partial charge in [0.1, 0.15) is 6.54 Å². The number of nitrogens with one attached hydrogen (secondary N) is 1. The number of rotatable bonds is 5. The topological polar surface area (TPSA) is 101 Å². The summed E-state index contributed by atoms with van der Waals surface area (Å²) in [6.45, 7) is 1.73. The molecule has 3 fully saturated rings. The molecule has 2 bridgehead atoms. The maximum absolute atomic E-state index is 13.5. The number of nitrogens with zero attached hydrogens (tertiary/aromatic N) is 3. The van der Waals surface area contributed by atoms with Crippen molar-refractivity contribution in [3.05, 3.63) is 76.6 Å². The van der Waals surface area contributed by atoms with Gasteiger partial charge in [-0.1, -0.05) is 30.3 Å². The lowest BCUT2D eigenvalue weighted by molar-refractivity contribution is -0.869. The average molecular weight is 545 g/mol. The van der Waals surface area contributed by atoms with E-state index < -0.39 is 17.7 Å². The van der Waals surface area contributed by atoms with Crippen LogP contribution >= 0.6 is 11.3 Å². The Labute approximate surface area is 211 Å². The first-order valence-electron chi connectivity index (χ1n) is 11.0. The first-order valence-corrected chi connectivity index (χ1v) is 11.9. The van der Waals surface area contributed by atoms with E-state index in [0.717, 1.165) is 12.8 Å². The van der Waals surface area contributed by atoms with Crippen molar-refractivity contribution < 1.29 is 40.9 Å². The molecule has 3 aromatic rings. The van der Waals surface area contributed by atoms with Crippen molar-refractivity contribution >= 4 is 29.2 Å². The number of carbonyl (C=O) groups excluding carboxylic acids is 2. The van der Waals surface area contributed by atoms with Crippen LogP contribution in [0.15, 0.2) is 65.5 Å². The quantitative estimate of drug-likeness (QED) is 0.350. The van der Waals surface area contributed by atoms with Gasteiger partial charge in [0.15, 0.2) is 11.9 Å². The third kappa shape index (κ3) is 4.38. The highest BCUT2D eigenvalue weighted by molar-refractivity contribution is 7.08. The number of hydrogen-bond acceptors (Lipinski definition) is 7. The van der Waals surface area contributed by atoms with E-state index in [1.807, 2.05) is 11.4 Å². The molecule has 0 spiro atoms. The summed E-state index contributed by atoms with van der Waals surface area (Å²) in [6, 6.07) is 13.8. The molecule has 5 heterocycles. The number of anilines is 1. The number of esters is 1. The van der Waals surface area contributed by atoms with Gasteiger partial charge in [-0.05, 0) is 34.5 Å². The maximum atomic E-state index is 13.5. The van der Waals surface area contributed by atoms with Gasteiger partial charge in [-0.15, -0.1) is 5.10 Å². The average Bonchev–Trinajstić information content (AvgIpc) is 3.41. The van der Waals surface area contributed by atoms with Crippen LogP contribution < -0.4 is 22.3 Å². The predicted octanol–water partition coefficient (Wildman–Crippen LogP) is 0.162. The Balaban J connectivity index is 0.00000274. The number of aromatic nitrogens is 2. The molecule has 1 unspecified atom stereocenters. The number of amides is 2. The number of urea groups is 1. The highest BCUT2D eigenvalue weighted by Crippen LogP contribution is 2.39. The molecule has 0 radical (unpaired) electrons. The van der Waals surface area contributed by atoms with Gasteiger partial charge in [-0.25, -0.2) is 14.1 Å². The molecule has 10 heteroatoms. The molecule has 2 amide bonds. The molecule has 0 saturated carbocycles. The van der Waals surface area contributed by atoms with Crippen LogP contribution in [0.25, 0.3) is 0 Å². The summed E-state index contributed by atoms with van der Waals surface area (Å²) in [5.74, 6) is -0.147. The highest BCUT2D eigenvalue weighted by Gasteiger charge is 2.54. The number of fused-ring (bicyclic) bond motifs is 3. The van der Waals surface area contributed by atoms with Gasteiger partial charge >= 0.3 is 12.0 Å². The van der Waals surface area contributed by atoms with Gasteiger partial charge in [0.05, 0.1) is 13.1 Å². The zero-order valence-corrected chi connectivity index (χ0v) is 20.7. The Morgan fingerprint density at radius 3 is 2.50 bits per heavy atom. The number of benzene rings is 1. The van der Waals surface area contributed by atoms with Crippen molar-refractivity contribution in [3.63, 3.8) is 0 Å². The fourth-order valence-corrected chi connectivity index (χ4v) is 5.62. The summed E-state index contributed by atoms with van der Waals surface area (Å²) in [5, 5.41) is 25.8. The van der Waals surface area contributed by atoms with E-state index in [1.54, 1.807) is 54.0 Å². The van der Waals surface area contributed by atoms with E-state index in [1.165, 1.54) is 11.3 Å². The molecular formula is C24H25BrN4O4S. The molecule has 3 aliphatic heterocycles. The number of aliphatic hydroxyl groups is 1. The zero-order valence-electron chi connectivity index (χ0n) is 18.3. The lowest BCUT2D eigenvalue weighted by Crippen LogP contribution is -3.00. The second-order valence-corrected chi connectivity index (χ2v) is 9.46. The van der Waals surface area contributed by atoms with Gasteiger partial charge in [0.25, 0.3) is 0 Å². The van der Waals surface area contributed by atoms with Gasteiger partial charge in [0, 0.05) is 30.5 Å². The Bertz CT molecular complexity index is 1120. The highest BCUT2D eigenvalue weighted by atomic mass is 79.9. The summed E-state index contributed by atoms with van der Waals surface area (Å²) in [5.41, 5.74) is -0.965. The van der Waals surface area contributed by atoms with Crippen LogP contribution in [0.2, 0.25) is 0 Å². The molecule has 8 nitrogen and oxygen atoms in total. The standard InChI is InChI=1S/C24H24N4O4S.BrH/c29-22(24(31,19-10-14-33-16-19)18-5-2-1-3-6-18)32-20-15-28(12-8-17(20)9-13-28)23(30)26-21-7-4-11-25-27-21;/h1-7,10-11,14,16-17,20,31H,8-9,12-13,15H2;1H/t17?,20-,24?,28?;/m0./s1. The Morgan fingerprint density at radius 2 is 1.85 bits per heavy atom. The minimum absolute atomic E-state index is 0. The number of ether oxygens (including phenoxy) is 1. The van der Waals surface area contributed by atoms with E-state index in [2.05, 4.69) is 15.5 Å². The fourth-order valence-electron chi connectivity index (χ4n) is 4.92. The number of thiophene rings is 1. The number of piperidine rings is 3. The lowest BCUT2D eigenvalue weighted by atomic mass is 9.83. The van der Waals surface area contributed by atoms with E-state index in [9.17, 15) is 14.7 Å². The van der Waals surface area contributed by atoms with E-state index in [4.69, 9.17) is 4.74 Å². The molecule has 178 valence electrons. The Hall–Kier alpha value is -2.66. The van der Waals surface area contributed by atoms with Crippen LogP contribution in [0.1, 0.15) is 24.0 Å². The minimum atomic E-state index is -1.90. The molecule has 0 aliphatic carbocycles. The fraction of sp³-hybridized carbons (Fsp3) is 0.333. The monoisotopic (exact) mass is 544 g/mol. The third-order valence-electron chi connectivity index (χ3n) is 6.83. The molecule has 34 heavy (non-hydrogen) atoms. The second kappa shape index (κ2) is 9.91. The van der Waals surface area contributed by atoms with Crippen molar-refractivity contribution in [2.75, 3.05) is 25.0 Å². The molecule has 6 rings (SSSR count). The number of hydrogen-bond donors (Lipinski definition) is 2. The van der Waals surface area contributed by atoms with Crippen LogP contribution in [0.3, 0.4) is 0 Å². The van der Waals surface area contributed by atoms with Crippen LogP contribution in [-0.2, 0) is 15.1 Å². The van der Waals surface area contributed by atoms with Crippen LogP contribution in [-0.4, -0.2) is 57.5 Å². The molecule has 3 aliphatic rings. The van der Waals surface area contributed by atoms with Crippen molar-refractivity contribution in [2.45, 2.75) is 24.5 Å². The molecule has 2 atom stereocenters. The van der Waals surface area contributed by atoms with Gasteiger partial charge in [-0.3, -0.25) is 5.32 Å². The Kier molecular flexibility index (Phi) is 7.13. The normalized spacial score (nSPS) is 25.0. The predicted molar refractivity (Wildman–Crippen MR) is 122 cm³/mol. The smallest absolute Gasteiger partial charge is 0.422 e.